The van der Waals surface area contributed by atoms with Gasteiger partial charge in [0.05, 0.1) is 17.5 Å². The Hall–Kier alpha value is -3.35. The van der Waals surface area contributed by atoms with E-state index in [1.807, 2.05) is 6.07 Å². The van der Waals surface area contributed by atoms with E-state index in [4.69, 9.17) is 4.42 Å². The molecule has 0 radical (unpaired) electrons. The quantitative estimate of drug-likeness (QED) is 0.782. The van der Waals surface area contributed by atoms with E-state index >= 15 is 0 Å². The minimum atomic E-state index is -0.449. The zero-order valence-electron chi connectivity index (χ0n) is 13.6. The Balaban J connectivity index is 1.56. The molecule has 0 fully saturated rings. The topological polar surface area (TPSA) is 85.1 Å². The molecule has 0 unspecified atom stereocenters. The lowest BCUT2D eigenvalue weighted by Crippen LogP contribution is -2.22. The lowest BCUT2D eigenvalue weighted by atomic mass is 9.85. The van der Waals surface area contributed by atoms with Crippen molar-refractivity contribution in [1.82, 2.24) is 9.97 Å². The van der Waals surface area contributed by atoms with Crippen LogP contribution in [-0.2, 0) is 6.42 Å². The molecule has 1 aliphatic carbocycles. The van der Waals surface area contributed by atoms with Crippen LogP contribution in [0, 0.1) is 5.82 Å². The summed E-state index contributed by atoms with van der Waals surface area (Å²) in [6, 6.07) is 8.77. The molecule has 7 heteroatoms. The van der Waals surface area contributed by atoms with Crippen LogP contribution in [0.15, 0.2) is 53.3 Å². The van der Waals surface area contributed by atoms with Gasteiger partial charge in [0.15, 0.2) is 5.78 Å². The smallest absolute Gasteiger partial charge is 0.258 e. The highest BCUT2D eigenvalue weighted by molar-refractivity contribution is 6.03. The number of hydrogen-bond donors (Lipinski definition) is 1. The number of halogens is 1. The number of benzene rings is 1. The first-order chi connectivity index (χ1) is 12.6. The van der Waals surface area contributed by atoms with E-state index in [0.717, 1.165) is 5.76 Å². The average Bonchev–Trinajstić information content (AvgIpc) is 3.16. The van der Waals surface area contributed by atoms with Gasteiger partial charge in [-0.1, -0.05) is 0 Å². The van der Waals surface area contributed by atoms with Crippen LogP contribution in [0.1, 0.15) is 44.5 Å². The number of fused-ring (bicyclic) bond motifs is 1. The monoisotopic (exact) mass is 351 g/mol. The molecule has 0 bridgehead atoms. The van der Waals surface area contributed by atoms with Crippen molar-refractivity contribution in [3.63, 3.8) is 0 Å². The molecule has 0 aliphatic heterocycles. The van der Waals surface area contributed by atoms with Gasteiger partial charge in [0.25, 0.3) is 5.91 Å². The number of carbonyl (C=O) groups is 2. The summed E-state index contributed by atoms with van der Waals surface area (Å²) in [6.45, 7) is 0. The van der Waals surface area contributed by atoms with E-state index in [2.05, 4.69) is 15.3 Å². The minimum absolute atomic E-state index is 0.0518. The van der Waals surface area contributed by atoms with Crippen LogP contribution < -0.4 is 5.32 Å². The zero-order chi connectivity index (χ0) is 18.1. The van der Waals surface area contributed by atoms with Crippen LogP contribution >= 0.6 is 0 Å². The number of carbonyl (C=O) groups excluding carboxylic acids is 2. The Kier molecular flexibility index (Phi) is 4.04. The number of aromatic nitrogens is 2. The van der Waals surface area contributed by atoms with Gasteiger partial charge in [-0.2, -0.15) is 0 Å². The predicted octanol–water partition coefficient (Wildman–Crippen LogP) is 3.37. The van der Waals surface area contributed by atoms with Gasteiger partial charge in [0.1, 0.15) is 11.6 Å². The van der Waals surface area contributed by atoms with Crippen molar-refractivity contribution in [2.75, 3.05) is 5.32 Å². The number of anilines is 1. The standard InChI is InChI=1S/C19H14FN3O3/c20-13-5-3-11(4-6-13)18(25)23-19-21-10-14-15(22-19)8-12(9-16(14)24)17-2-1-7-26-17/h1-7,10,12H,8-9H2,(H,21,22,23,25)/t12-/m1/s1. The normalized spacial score (nSPS) is 16.2. The van der Waals surface area contributed by atoms with E-state index < -0.39 is 11.7 Å². The first kappa shape index (κ1) is 16.1. The van der Waals surface area contributed by atoms with Crippen molar-refractivity contribution in [2.45, 2.75) is 18.8 Å². The Morgan fingerprint density at radius 1 is 1.19 bits per heavy atom. The second-order valence-corrected chi connectivity index (χ2v) is 6.06. The Morgan fingerprint density at radius 2 is 2.00 bits per heavy atom. The Labute approximate surface area is 148 Å². The molecule has 2 heterocycles. The summed E-state index contributed by atoms with van der Waals surface area (Å²) in [7, 11) is 0. The lowest BCUT2D eigenvalue weighted by molar-refractivity contribution is 0.0958. The third-order valence-corrected chi connectivity index (χ3v) is 4.32. The molecule has 0 spiro atoms. The number of Topliss-reactive ketones (excluding diaryl/α,β-unsaturated/α-hetero) is 1. The SMILES string of the molecule is O=C(Nc1ncc2c(n1)C[C@@H](c1ccco1)CC2=O)c1ccc(F)cc1. The fourth-order valence-electron chi connectivity index (χ4n) is 3.00. The maximum Gasteiger partial charge on any atom is 0.258 e. The van der Waals surface area contributed by atoms with Gasteiger partial charge in [0, 0.05) is 30.5 Å². The summed E-state index contributed by atoms with van der Waals surface area (Å²) in [5, 5.41) is 2.57. The van der Waals surface area contributed by atoms with Crippen molar-refractivity contribution >= 4 is 17.6 Å². The largest absolute Gasteiger partial charge is 0.469 e. The highest BCUT2D eigenvalue weighted by Crippen LogP contribution is 2.32. The second kappa shape index (κ2) is 6.51. The van der Waals surface area contributed by atoms with Crippen LogP contribution in [-0.4, -0.2) is 21.7 Å². The van der Waals surface area contributed by atoms with Crippen LogP contribution in [0.4, 0.5) is 10.3 Å². The van der Waals surface area contributed by atoms with Crippen molar-refractivity contribution in [3.8, 4) is 0 Å². The van der Waals surface area contributed by atoms with E-state index in [1.165, 1.54) is 30.5 Å². The van der Waals surface area contributed by atoms with Crippen molar-refractivity contribution < 1.29 is 18.4 Å². The highest BCUT2D eigenvalue weighted by atomic mass is 19.1. The molecule has 1 amide bonds. The summed E-state index contributed by atoms with van der Waals surface area (Å²) in [5.41, 5.74) is 1.33. The average molecular weight is 351 g/mol. The van der Waals surface area contributed by atoms with Crippen LogP contribution in [0.25, 0.3) is 0 Å². The number of ketones is 1. The maximum atomic E-state index is 13.0. The highest BCUT2D eigenvalue weighted by Gasteiger charge is 2.29. The van der Waals surface area contributed by atoms with Gasteiger partial charge in [-0.15, -0.1) is 0 Å². The third kappa shape index (κ3) is 3.11. The molecule has 130 valence electrons. The number of rotatable bonds is 3. The van der Waals surface area contributed by atoms with Gasteiger partial charge in [-0.05, 0) is 36.4 Å². The van der Waals surface area contributed by atoms with Crippen molar-refractivity contribution in [1.29, 1.82) is 0 Å². The molecule has 1 atom stereocenters. The first-order valence-corrected chi connectivity index (χ1v) is 8.09. The number of amides is 1. The maximum absolute atomic E-state index is 13.0. The molecule has 26 heavy (non-hydrogen) atoms. The van der Waals surface area contributed by atoms with E-state index in [1.54, 1.807) is 12.3 Å². The van der Waals surface area contributed by atoms with E-state index in [0.29, 0.717) is 24.1 Å². The first-order valence-electron chi connectivity index (χ1n) is 8.09. The molecule has 4 rings (SSSR count). The van der Waals surface area contributed by atoms with Gasteiger partial charge in [-0.25, -0.2) is 14.4 Å². The van der Waals surface area contributed by atoms with Gasteiger partial charge in [-0.3, -0.25) is 14.9 Å². The number of furan rings is 1. The number of hydrogen-bond acceptors (Lipinski definition) is 5. The van der Waals surface area contributed by atoms with Crippen LogP contribution in [0.5, 0.6) is 0 Å². The van der Waals surface area contributed by atoms with E-state index in [-0.39, 0.29) is 23.2 Å². The van der Waals surface area contributed by atoms with Crippen LogP contribution in [0.3, 0.4) is 0 Å². The lowest BCUT2D eigenvalue weighted by Gasteiger charge is -2.21. The van der Waals surface area contributed by atoms with Crippen molar-refractivity contribution in [3.05, 3.63) is 77.3 Å². The predicted molar refractivity (Wildman–Crippen MR) is 90.5 cm³/mol. The summed E-state index contributed by atoms with van der Waals surface area (Å²) >= 11 is 0. The molecule has 1 N–H and O–H groups in total. The summed E-state index contributed by atoms with van der Waals surface area (Å²) < 4.78 is 18.4. The molecule has 1 aromatic carbocycles. The summed E-state index contributed by atoms with van der Waals surface area (Å²) in [5.74, 6) is -0.168. The fraction of sp³-hybridized carbons (Fsp3) is 0.158. The Bertz CT molecular complexity index is 968. The number of nitrogens with zero attached hydrogens (tertiary/aromatic N) is 2. The third-order valence-electron chi connectivity index (χ3n) is 4.32. The molecule has 0 saturated carbocycles. The van der Waals surface area contributed by atoms with Gasteiger partial charge in [0.2, 0.25) is 5.95 Å². The molecular formula is C19H14FN3O3. The molecule has 0 saturated heterocycles. The van der Waals surface area contributed by atoms with Crippen LogP contribution in [0.2, 0.25) is 0 Å². The second-order valence-electron chi connectivity index (χ2n) is 6.06. The van der Waals surface area contributed by atoms with E-state index in [9.17, 15) is 14.0 Å². The molecular weight excluding hydrogens is 337 g/mol. The summed E-state index contributed by atoms with van der Waals surface area (Å²) in [4.78, 5) is 32.9. The Morgan fingerprint density at radius 3 is 2.73 bits per heavy atom. The molecule has 2 aromatic heterocycles. The molecule has 3 aromatic rings. The summed E-state index contributed by atoms with van der Waals surface area (Å²) in [6.07, 6.45) is 3.87. The van der Waals surface area contributed by atoms with Gasteiger partial charge < -0.3 is 4.42 Å². The van der Waals surface area contributed by atoms with Crippen molar-refractivity contribution in [2.24, 2.45) is 0 Å². The minimum Gasteiger partial charge on any atom is -0.469 e. The molecule has 1 aliphatic rings. The zero-order valence-corrected chi connectivity index (χ0v) is 13.6. The molecule has 6 nitrogen and oxygen atoms in total. The van der Waals surface area contributed by atoms with Gasteiger partial charge >= 0.3 is 0 Å². The number of nitrogens with one attached hydrogen (secondary N) is 1. The fourth-order valence-corrected chi connectivity index (χ4v) is 3.00.